The largest absolute Gasteiger partial charge is 0.450 e. The van der Waals surface area contributed by atoms with Crippen molar-refractivity contribution in [1.82, 2.24) is 0 Å². The smallest absolute Gasteiger partial charge is 0.411 e. The predicted molar refractivity (Wildman–Crippen MR) is 86.3 cm³/mol. The zero-order valence-electron chi connectivity index (χ0n) is 12.6. The third kappa shape index (κ3) is 4.24. The van der Waals surface area contributed by atoms with E-state index in [2.05, 4.69) is 42.7 Å². The van der Waals surface area contributed by atoms with Gasteiger partial charge in [-0.25, -0.2) is 4.79 Å². The second-order valence-electron chi connectivity index (χ2n) is 4.87. The van der Waals surface area contributed by atoms with Crippen molar-refractivity contribution in [3.05, 3.63) is 53.6 Å². The van der Waals surface area contributed by atoms with E-state index in [0.717, 1.165) is 11.4 Å². The van der Waals surface area contributed by atoms with Crippen LogP contribution >= 0.6 is 0 Å². The van der Waals surface area contributed by atoms with Crippen molar-refractivity contribution in [2.24, 2.45) is 0 Å². The highest BCUT2D eigenvalue weighted by Gasteiger charge is 2.03. The monoisotopic (exact) mass is 284 g/mol. The van der Waals surface area contributed by atoms with Gasteiger partial charge in [-0.15, -0.1) is 0 Å². The fourth-order valence-corrected chi connectivity index (χ4v) is 1.95. The molecule has 0 aliphatic heterocycles. The summed E-state index contributed by atoms with van der Waals surface area (Å²) in [7, 11) is 0. The van der Waals surface area contributed by atoms with E-state index in [1.807, 2.05) is 24.3 Å². The maximum atomic E-state index is 11.3. The Kier molecular flexibility index (Phi) is 4.82. The van der Waals surface area contributed by atoms with Gasteiger partial charge in [0.05, 0.1) is 6.61 Å². The first-order chi connectivity index (χ1) is 10.1. The molecule has 0 atom stereocenters. The molecule has 2 aromatic carbocycles. The summed E-state index contributed by atoms with van der Waals surface area (Å²) in [6, 6.07) is 13.8. The molecule has 0 aliphatic carbocycles. The van der Waals surface area contributed by atoms with Gasteiger partial charge in [-0.1, -0.05) is 12.1 Å². The molecule has 4 heteroatoms. The van der Waals surface area contributed by atoms with Gasteiger partial charge >= 0.3 is 6.09 Å². The Morgan fingerprint density at radius 1 is 1.05 bits per heavy atom. The Morgan fingerprint density at radius 2 is 1.71 bits per heavy atom. The molecule has 0 unspecified atom stereocenters. The minimum atomic E-state index is -0.437. The summed E-state index contributed by atoms with van der Waals surface area (Å²) < 4.78 is 4.83. The molecule has 110 valence electrons. The highest BCUT2D eigenvalue weighted by atomic mass is 16.5. The molecule has 2 N–H and O–H groups in total. The van der Waals surface area contributed by atoms with Gasteiger partial charge in [0.2, 0.25) is 0 Å². The maximum absolute atomic E-state index is 11.3. The van der Waals surface area contributed by atoms with E-state index >= 15 is 0 Å². The molecule has 0 radical (unpaired) electrons. The van der Waals surface area contributed by atoms with Gasteiger partial charge in [0.25, 0.3) is 0 Å². The number of hydrogen-bond acceptors (Lipinski definition) is 3. The van der Waals surface area contributed by atoms with Gasteiger partial charge in [-0.3, -0.25) is 5.32 Å². The molecule has 0 heterocycles. The van der Waals surface area contributed by atoms with Crippen LogP contribution in [0.25, 0.3) is 0 Å². The van der Waals surface area contributed by atoms with Crippen LogP contribution in [0.4, 0.5) is 21.9 Å². The van der Waals surface area contributed by atoms with Crippen LogP contribution in [0.3, 0.4) is 0 Å². The Balaban J connectivity index is 2.05. The van der Waals surface area contributed by atoms with Crippen molar-refractivity contribution in [3.63, 3.8) is 0 Å². The fourth-order valence-electron chi connectivity index (χ4n) is 1.95. The van der Waals surface area contributed by atoms with Crippen LogP contribution in [0.15, 0.2) is 42.5 Å². The lowest BCUT2D eigenvalue weighted by Gasteiger charge is -2.11. The SMILES string of the molecule is CCOC(=O)Nc1ccc(Nc2cc(C)ccc2C)cc1. The zero-order chi connectivity index (χ0) is 15.2. The molecule has 0 saturated carbocycles. The van der Waals surface area contributed by atoms with Crippen LogP contribution < -0.4 is 10.6 Å². The van der Waals surface area contributed by atoms with Crippen LogP contribution in [0, 0.1) is 13.8 Å². The normalized spacial score (nSPS) is 10.0. The highest BCUT2D eigenvalue weighted by Crippen LogP contribution is 2.23. The molecular formula is C17H20N2O2. The van der Waals surface area contributed by atoms with Crippen molar-refractivity contribution in [1.29, 1.82) is 0 Å². The van der Waals surface area contributed by atoms with Crippen LogP contribution in [0.5, 0.6) is 0 Å². The van der Waals surface area contributed by atoms with Crippen LogP contribution in [0.1, 0.15) is 18.1 Å². The van der Waals surface area contributed by atoms with Crippen molar-refractivity contribution in [2.45, 2.75) is 20.8 Å². The maximum Gasteiger partial charge on any atom is 0.411 e. The van der Waals surface area contributed by atoms with E-state index in [1.54, 1.807) is 6.92 Å². The molecule has 1 amide bonds. The lowest BCUT2D eigenvalue weighted by molar-refractivity contribution is 0.168. The molecule has 4 nitrogen and oxygen atoms in total. The second-order valence-corrected chi connectivity index (χ2v) is 4.87. The number of amides is 1. The number of ether oxygens (including phenoxy) is 1. The number of anilines is 3. The first kappa shape index (κ1) is 14.9. The number of carbonyl (C=O) groups excluding carboxylic acids is 1. The first-order valence-corrected chi connectivity index (χ1v) is 6.96. The summed E-state index contributed by atoms with van der Waals surface area (Å²) in [6.07, 6.45) is -0.437. The number of hydrogen-bond donors (Lipinski definition) is 2. The Hall–Kier alpha value is -2.49. The third-order valence-corrected chi connectivity index (χ3v) is 3.08. The molecule has 0 aliphatic rings. The molecule has 0 spiro atoms. The van der Waals surface area contributed by atoms with Crippen molar-refractivity contribution < 1.29 is 9.53 Å². The fraction of sp³-hybridized carbons (Fsp3) is 0.235. The molecule has 0 bridgehead atoms. The summed E-state index contributed by atoms with van der Waals surface area (Å²) >= 11 is 0. The minimum absolute atomic E-state index is 0.359. The summed E-state index contributed by atoms with van der Waals surface area (Å²) in [5.74, 6) is 0. The minimum Gasteiger partial charge on any atom is -0.450 e. The van der Waals surface area contributed by atoms with E-state index in [9.17, 15) is 4.79 Å². The molecule has 2 aromatic rings. The first-order valence-electron chi connectivity index (χ1n) is 6.96. The van der Waals surface area contributed by atoms with Crippen molar-refractivity contribution in [2.75, 3.05) is 17.2 Å². The van der Waals surface area contributed by atoms with Gasteiger partial charge < -0.3 is 10.1 Å². The lowest BCUT2D eigenvalue weighted by atomic mass is 10.1. The van der Waals surface area contributed by atoms with E-state index in [4.69, 9.17) is 4.74 Å². The number of benzene rings is 2. The van der Waals surface area contributed by atoms with E-state index in [-0.39, 0.29) is 0 Å². The summed E-state index contributed by atoms with van der Waals surface area (Å²) in [5.41, 5.74) is 5.16. The van der Waals surface area contributed by atoms with Crippen molar-refractivity contribution >= 4 is 23.2 Å². The molecule has 21 heavy (non-hydrogen) atoms. The molecule has 2 rings (SSSR count). The highest BCUT2D eigenvalue weighted by molar-refractivity contribution is 5.85. The average molecular weight is 284 g/mol. The van der Waals surface area contributed by atoms with E-state index in [0.29, 0.717) is 12.3 Å². The number of rotatable bonds is 4. The topological polar surface area (TPSA) is 50.4 Å². The van der Waals surface area contributed by atoms with E-state index < -0.39 is 6.09 Å². The number of carbonyl (C=O) groups is 1. The van der Waals surface area contributed by atoms with E-state index in [1.165, 1.54) is 11.1 Å². The average Bonchev–Trinajstić information content (AvgIpc) is 2.45. The van der Waals surface area contributed by atoms with Gasteiger partial charge in [0, 0.05) is 17.1 Å². The van der Waals surface area contributed by atoms with Gasteiger partial charge in [-0.05, 0) is 62.2 Å². The van der Waals surface area contributed by atoms with Gasteiger partial charge in [-0.2, -0.15) is 0 Å². The van der Waals surface area contributed by atoms with Crippen LogP contribution in [-0.2, 0) is 4.74 Å². The van der Waals surface area contributed by atoms with Crippen LogP contribution in [0.2, 0.25) is 0 Å². The Morgan fingerprint density at radius 3 is 2.38 bits per heavy atom. The number of nitrogens with one attached hydrogen (secondary N) is 2. The predicted octanol–water partition coefficient (Wildman–Crippen LogP) is 4.62. The summed E-state index contributed by atoms with van der Waals surface area (Å²) in [5, 5.41) is 6.04. The zero-order valence-corrected chi connectivity index (χ0v) is 12.6. The standard InChI is InChI=1S/C17H20N2O2/c1-4-21-17(20)19-15-9-7-14(8-10-15)18-16-11-12(2)5-6-13(16)3/h5-11,18H,4H2,1-3H3,(H,19,20). The Labute approximate surface area is 125 Å². The molecule has 0 aromatic heterocycles. The summed E-state index contributed by atoms with van der Waals surface area (Å²) in [6.45, 7) is 6.27. The number of aryl methyl sites for hydroxylation is 2. The second kappa shape index (κ2) is 6.79. The van der Waals surface area contributed by atoms with Gasteiger partial charge in [0.15, 0.2) is 0 Å². The molecule has 0 fully saturated rings. The molecule has 0 saturated heterocycles. The third-order valence-electron chi connectivity index (χ3n) is 3.08. The molecular weight excluding hydrogens is 264 g/mol. The van der Waals surface area contributed by atoms with Gasteiger partial charge in [0.1, 0.15) is 0 Å². The summed E-state index contributed by atoms with van der Waals surface area (Å²) in [4.78, 5) is 11.3. The van der Waals surface area contributed by atoms with Crippen molar-refractivity contribution in [3.8, 4) is 0 Å². The quantitative estimate of drug-likeness (QED) is 0.861. The van der Waals surface area contributed by atoms with Crippen LogP contribution in [-0.4, -0.2) is 12.7 Å². The lowest BCUT2D eigenvalue weighted by Crippen LogP contribution is -2.13. The Bertz CT molecular complexity index is 621.